The molecule has 6 heteroatoms. The maximum Gasteiger partial charge on any atom is 0.305 e. The molecule has 73 heavy (non-hydrogen) atoms. The summed E-state index contributed by atoms with van der Waals surface area (Å²) in [7, 11) is 0. The molecule has 2 atom stereocenters. The van der Waals surface area contributed by atoms with Crippen LogP contribution in [0.5, 0.6) is 0 Å². The highest BCUT2D eigenvalue weighted by atomic mass is 16.5. The number of rotatable bonds is 64. The normalized spacial score (nSPS) is 12.4. The van der Waals surface area contributed by atoms with Crippen LogP contribution in [0.4, 0.5) is 0 Å². The number of hydrogen-bond donors (Lipinski definition) is 3. The Hall–Kier alpha value is -1.14. The summed E-state index contributed by atoms with van der Waals surface area (Å²) in [5, 5.41) is 23.3. The minimum Gasteiger partial charge on any atom is -0.466 e. The van der Waals surface area contributed by atoms with Crippen molar-refractivity contribution < 1.29 is 24.5 Å². The van der Waals surface area contributed by atoms with Crippen LogP contribution in [-0.2, 0) is 14.3 Å². The van der Waals surface area contributed by atoms with Crippen LogP contribution < -0.4 is 5.32 Å². The molecule has 0 fully saturated rings. The van der Waals surface area contributed by atoms with Gasteiger partial charge in [0.1, 0.15) is 0 Å². The smallest absolute Gasteiger partial charge is 0.305 e. The summed E-state index contributed by atoms with van der Waals surface area (Å²) in [6.07, 6.45) is 75.7. The van der Waals surface area contributed by atoms with Gasteiger partial charge in [-0.3, -0.25) is 9.59 Å². The zero-order valence-corrected chi connectivity index (χ0v) is 49.9. The van der Waals surface area contributed by atoms with Gasteiger partial charge in [0.2, 0.25) is 5.91 Å². The van der Waals surface area contributed by atoms with Crippen LogP contribution in [0.1, 0.15) is 393 Å². The van der Waals surface area contributed by atoms with E-state index in [2.05, 4.69) is 19.2 Å². The van der Waals surface area contributed by atoms with Crippen molar-refractivity contribution in [1.29, 1.82) is 0 Å². The van der Waals surface area contributed by atoms with Gasteiger partial charge < -0.3 is 20.3 Å². The molecule has 0 aliphatic heterocycles. The van der Waals surface area contributed by atoms with Crippen molar-refractivity contribution in [3.05, 3.63) is 0 Å². The Labute approximate surface area is 457 Å². The monoisotopic (exact) mass is 1030 g/mol. The van der Waals surface area contributed by atoms with E-state index >= 15 is 0 Å². The van der Waals surface area contributed by atoms with Crippen LogP contribution in [0.15, 0.2) is 0 Å². The Balaban J connectivity index is 3.32. The first-order valence-corrected chi connectivity index (χ1v) is 33.8. The predicted molar refractivity (Wildman–Crippen MR) is 320 cm³/mol. The molecule has 0 aromatic heterocycles. The van der Waals surface area contributed by atoms with Crippen LogP contribution in [0.3, 0.4) is 0 Å². The lowest BCUT2D eigenvalue weighted by molar-refractivity contribution is -0.143. The van der Waals surface area contributed by atoms with E-state index in [0.29, 0.717) is 25.9 Å². The van der Waals surface area contributed by atoms with Gasteiger partial charge in [-0.15, -0.1) is 0 Å². The van der Waals surface area contributed by atoms with Crippen molar-refractivity contribution in [2.24, 2.45) is 0 Å². The first-order chi connectivity index (χ1) is 36.0. The SMILES string of the molecule is CCCCCCCCCCCCCCCCCC(O)C(CO)NC(=O)CCCCCCCCCCCCCCCCCCCCCCCCCCCCCOC(=O)CCCCCCCCCCCCCCCC. The third-order valence-corrected chi connectivity index (χ3v) is 16.2. The van der Waals surface area contributed by atoms with Gasteiger partial charge in [0.05, 0.1) is 25.4 Å². The molecule has 6 nitrogen and oxygen atoms in total. The highest BCUT2D eigenvalue weighted by Gasteiger charge is 2.20. The number of unbranched alkanes of at least 4 members (excludes halogenated alkanes) is 53. The first kappa shape index (κ1) is 71.9. The highest BCUT2D eigenvalue weighted by Crippen LogP contribution is 2.19. The van der Waals surface area contributed by atoms with Gasteiger partial charge in [0, 0.05) is 12.8 Å². The minimum atomic E-state index is -0.661. The third-order valence-electron chi connectivity index (χ3n) is 16.2. The Kier molecular flexibility index (Phi) is 62.4. The van der Waals surface area contributed by atoms with Crippen LogP contribution >= 0.6 is 0 Å². The zero-order chi connectivity index (χ0) is 52.9. The second-order valence-corrected chi connectivity index (χ2v) is 23.5. The quantitative estimate of drug-likeness (QED) is 0.0417. The number of aliphatic hydroxyl groups excluding tert-OH is 2. The summed E-state index contributed by atoms with van der Waals surface area (Å²) in [5.41, 5.74) is 0. The topological polar surface area (TPSA) is 95.9 Å². The lowest BCUT2D eigenvalue weighted by Gasteiger charge is -2.22. The highest BCUT2D eigenvalue weighted by molar-refractivity contribution is 5.76. The third kappa shape index (κ3) is 60.0. The van der Waals surface area contributed by atoms with E-state index < -0.39 is 12.1 Å². The summed E-state index contributed by atoms with van der Waals surface area (Å²) >= 11 is 0. The van der Waals surface area contributed by atoms with Crippen molar-refractivity contribution >= 4 is 11.9 Å². The van der Waals surface area contributed by atoms with E-state index in [9.17, 15) is 19.8 Å². The van der Waals surface area contributed by atoms with E-state index in [-0.39, 0.29) is 18.5 Å². The van der Waals surface area contributed by atoms with E-state index in [1.807, 2.05) is 0 Å². The van der Waals surface area contributed by atoms with Gasteiger partial charge in [-0.1, -0.05) is 354 Å². The molecular formula is C67H133NO5. The van der Waals surface area contributed by atoms with E-state index in [1.54, 1.807) is 0 Å². The molecular weight excluding hydrogens is 899 g/mol. The molecule has 0 bridgehead atoms. The van der Waals surface area contributed by atoms with Gasteiger partial charge in [0.15, 0.2) is 0 Å². The molecule has 2 unspecified atom stereocenters. The Morgan fingerprint density at radius 2 is 0.562 bits per heavy atom. The Morgan fingerprint density at radius 3 is 0.836 bits per heavy atom. The van der Waals surface area contributed by atoms with Crippen molar-refractivity contribution in [3.63, 3.8) is 0 Å². The molecule has 0 spiro atoms. The summed E-state index contributed by atoms with van der Waals surface area (Å²) in [4.78, 5) is 24.6. The lowest BCUT2D eigenvalue weighted by Crippen LogP contribution is -2.45. The molecule has 3 N–H and O–H groups in total. The standard InChI is InChI=1S/C67H133NO5/c1-3-5-7-9-11-13-15-17-32-35-39-43-47-51-55-59-65(70)64(63-69)68-66(71)60-56-52-48-44-40-36-33-30-28-26-24-22-20-19-21-23-25-27-29-31-34-38-42-46-50-54-58-62-73-67(72)61-57-53-49-45-41-37-18-16-14-12-10-8-6-4-2/h64-65,69-70H,3-63H2,1-2H3,(H,68,71). The summed E-state index contributed by atoms with van der Waals surface area (Å²) in [5.74, 6) is -0.00723. The number of hydrogen-bond acceptors (Lipinski definition) is 5. The lowest BCUT2D eigenvalue weighted by atomic mass is 10.0. The molecule has 0 saturated carbocycles. The van der Waals surface area contributed by atoms with Crippen LogP contribution in [0, 0.1) is 0 Å². The number of aliphatic hydroxyl groups is 2. The van der Waals surface area contributed by atoms with E-state index in [1.165, 1.54) is 321 Å². The summed E-state index contributed by atoms with van der Waals surface area (Å²) < 4.78 is 5.49. The van der Waals surface area contributed by atoms with Crippen molar-refractivity contribution in [2.45, 2.75) is 405 Å². The molecule has 0 aromatic rings. The van der Waals surface area contributed by atoms with Gasteiger partial charge in [-0.05, 0) is 25.7 Å². The van der Waals surface area contributed by atoms with Crippen molar-refractivity contribution in [1.82, 2.24) is 5.32 Å². The maximum atomic E-state index is 12.5. The number of ether oxygens (including phenoxy) is 1. The number of amides is 1. The average Bonchev–Trinajstić information content (AvgIpc) is 3.39. The van der Waals surface area contributed by atoms with Crippen LogP contribution in [-0.4, -0.2) is 47.4 Å². The number of carbonyl (C=O) groups excluding carboxylic acids is 2. The summed E-state index contributed by atoms with van der Waals surface area (Å²) in [6, 6.07) is -0.538. The molecule has 0 aromatic carbocycles. The predicted octanol–water partition coefficient (Wildman–Crippen LogP) is 21.4. The van der Waals surface area contributed by atoms with Crippen molar-refractivity contribution in [2.75, 3.05) is 13.2 Å². The number of carbonyl (C=O) groups is 2. The second kappa shape index (κ2) is 63.4. The molecule has 1 amide bonds. The van der Waals surface area contributed by atoms with Gasteiger partial charge in [-0.2, -0.15) is 0 Å². The van der Waals surface area contributed by atoms with Crippen LogP contribution in [0.2, 0.25) is 0 Å². The molecule has 0 rings (SSSR count). The van der Waals surface area contributed by atoms with Gasteiger partial charge in [-0.25, -0.2) is 0 Å². The number of nitrogens with one attached hydrogen (secondary N) is 1. The summed E-state index contributed by atoms with van der Waals surface area (Å²) in [6.45, 7) is 5.00. The zero-order valence-electron chi connectivity index (χ0n) is 49.9. The van der Waals surface area contributed by atoms with E-state index in [0.717, 1.165) is 38.5 Å². The first-order valence-electron chi connectivity index (χ1n) is 33.8. The van der Waals surface area contributed by atoms with Crippen molar-refractivity contribution in [3.8, 4) is 0 Å². The molecule has 0 saturated heterocycles. The molecule has 0 heterocycles. The largest absolute Gasteiger partial charge is 0.466 e. The molecule has 0 radical (unpaired) electrons. The Bertz CT molecular complexity index is 1050. The molecule has 0 aliphatic carbocycles. The fourth-order valence-corrected chi connectivity index (χ4v) is 11.0. The molecule has 0 aliphatic rings. The minimum absolute atomic E-state index is 0.0215. The Morgan fingerprint density at radius 1 is 0.329 bits per heavy atom. The van der Waals surface area contributed by atoms with E-state index in [4.69, 9.17) is 4.74 Å². The van der Waals surface area contributed by atoms with Gasteiger partial charge >= 0.3 is 5.97 Å². The van der Waals surface area contributed by atoms with Gasteiger partial charge in [0.25, 0.3) is 0 Å². The fourth-order valence-electron chi connectivity index (χ4n) is 11.0. The maximum absolute atomic E-state index is 12.5. The average molecular weight is 1030 g/mol. The molecule has 436 valence electrons. The fraction of sp³-hybridized carbons (Fsp3) is 0.970. The van der Waals surface area contributed by atoms with Crippen LogP contribution in [0.25, 0.3) is 0 Å². The second-order valence-electron chi connectivity index (χ2n) is 23.5. The number of esters is 1.